The quantitative estimate of drug-likeness (QED) is 0.515. The number of para-hydroxylation sites is 1. The number of rotatable bonds is 3. The third kappa shape index (κ3) is 2.83. The molecule has 0 saturated heterocycles. The molecule has 0 saturated carbocycles. The number of nitrogens with zero attached hydrogens (tertiary/aromatic N) is 1. The van der Waals surface area contributed by atoms with Crippen molar-refractivity contribution >= 4 is 16.9 Å². The third-order valence-electron chi connectivity index (χ3n) is 5.25. The van der Waals surface area contributed by atoms with Gasteiger partial charge in [0.2, 0.25) is 5.76 Å². The summed E-state index contributed by atoms with van der Waals surface area (Å²) in [4.78, 5) is 28.2. The first-order valence-electron chi connectivity index (χ1n) is 9.29. The van der Waals surface area contributed by atoms with Gasteiger partial charge in [0, 0.05) is 6.54 Å². The Morgan fingerprint density at radius 2 is 1.55 bits per heavy atom. The van der Waals surface area contributed by atoms with Gasteiger partial charge in [0.15, 0.2) is 5.43 Å². The molecule has 5 heteroatoms. The summed E-state index contributed by atoms with van der Waals surface area (Å²) < 4.78 is 19.2. The average molecular weight is 385 g/mol. The minimum absolute atomic E-state index is 0.0738. The summed E-state index contributed by atoms with van der Waals surface area (Å²) >= 11 is 0. The van der Waals surface area contributed by atoms with Gasteiger partial charge in [0.05, 0.1) is 17.0 Å². The van der Waals surface area contributed by atoms with Gasteiger partial charge in [-0.05, 0) is 35.4 Å². The van der Waals surface area contributed by atoms with Crippen molar-refractivity contribution in [3.8, 4) is 0 Å². The molecule has 1 unspecified atom stereocenters. The van der Waals surface area contributed by atoms with Crippen LogP contribution < -0.4 is 5.43 Å². The molecule has 3 aromatic carbocycles. The Morgan fingerprint density at radius 1 is 0.862 bits per heavy atom. The Labute approximate surface area is 165 Å². The van der Waals surface area contributed by atoms with Crippen LogP contribution in [0.4, 0.5) is 4.39 Å². The molecule has 1 aliphatic heterocycles. The molecule has 29 heavy (non-hydrogen) atoms. The maximum atomic E-state index is 13.3. The predicted octanol–water partition coefficient (Wildman–Crippen LogP) is 4.68. The molecule has 0 radical (unpaired) electrons. The molecule has 0 N–H and O–H groups in total. The summed E-state index contributed by atoms with van der Waals surface area (Å²) in [5.74, 6) is -0.613. The topological polar surface area (TPSA) is 50.5 Å². The summed E-state index contributed by atoms with van der Waals surface area (Å²) in [6.45, 7) is 0.235. The number of halogens is 1. The number of hydrogen-bond acceptors (Lipinski definition) is 3. The fourth-order valence-electron chi connectivity index (χ4n) is 3.90. The third-order valence-corrected chi connectivity index (χ3v) is 5.25. The van der Waals surface area contributed by atoms with Crippen LogP contribution in [0.5, 0.6) is 0 Å². The molecule has 2 heterocycles. The minimum Gasteiger partial charge on any atom is -0.450 e. The van der Waals surface area contributed by atoms with E-state index < -0.39 is 6.04 Å². The standard InChI is InChI=1S/C24H16FNO3/c25-17-12-10-15(11-13-17)14-26-21(16-6-2-1-3-7-16)20-22(27)18-8-4-5-9-19(18)29-23(20)24(26)28/h1-13,21H,14H2. The number of amides is 1. The van der Waals surface area contributed by atoms with Gasteiger partial charge in [0.25, 0.3) is 5.91 Å². The molecule has 0 fully saturated rings. The Kier molecular flexibility index (Phi) is 4.02. The molecule has 0 bridgehead atoms. The summed E-state index contributed by atoms with van der Waals surface area (Å²) in [6, 6.07) is 21.8. The monoisotopic (exact) mass is 385 g/mol. The molecule has 4 aromatic rings. The molecule has 1 aromatic heterocycles. The molecule has 142 valence electrons. The van der Waals surface area contributed by atoms with E-state index in [1.807, 2.05) is 30.3 Å². The predicted molar refractivity (Wildman–Crippen MR) is 107 cm³/mol. The molecule has 1 aliphatic rings. The maximum Gasteiger partial charge on any atom is 0.291 e. The smallest absolute Gasteiger partial charge is 0.291 e. The van der Waals surface area contributed by atoms with E-state index in [1.54, 1.807) is 41.3 Å². The highest BCUT2D eigenvalue weighted by Crippen LogP contribution is 2.38. The molecule has 5 rings (SSSR count). The molecular weight excluding hydrogens is 369 g/mol. The van der Waals surface area contributed by atoms with Crippen LogP contribution in [0.25, 0.3) is 11.0 Å². The lowest BCUT2D eigenvalue weighted by Gasteiger charge is -2.25. The zero-order valence-electron chi connectivity index (χ0n) is 15.3. The van der Waals surface area contributed by atoms with Crippen LogP contribution in [0.3, 0.4) is 0 Å². The van der Waals surface area contributed by atoms with Crippen molar-refractivity contribution in [2.75, 3.05) is 0 Å². The SMILES string of the molecule is O=C1c2oc3ccccc3c(=O)c2C(c2ccccc2)N1Cc1ccc(F)cc1. The second-order valence-electron chi connectivity index (χ2n) is 7.04. The summed E-state index contributed by atoms with van der Waals surface area (Å²) in [5, 5.41) is 0.448. The molecule has 0 spiro atoms. The summed E-state index contributed by atoms with van der Waals surface area (Å²) in [6.07, 6.45) is 0. The largest absolute Gasteiger partial charge is 0.450 e. The van der Waals surface area contributed by atoms with Crippen molar-refractivity contribution in [2.24, 2.45) is 0 Å². The van der Waals surface area contributed by atoms with Crippen molar-refractivity contribution in [3.05, 3.63) is 117 Å². The van der Waals surface area contributed by atoms with Crippen molar-refractivity contribution in [1.29, 1.82) is 0 Å². The van der Waals surface area contributed by atoms with Crippen LogP contribution in [0.1, 0.15) is 33.3 Å². The zero-order chi connectivity index (χ0) is 20.0. The van der Waals surface area contributed by atoms with Gasteiger partial charge in [-0.3, -0.25) is 9.59 Å². The van der Waals surface area contributed by atoms with E-state index in [0.717, 1.165) is 11.1 Å². The van der Waals surface area contributed by atoms with E-state index in [9.17, 15) is 14.0 Å². The van der Waals surface area contributed by atoms with E-state index in [-0.39, 0.29) is 29.5 Å². The molecular formula is C24H16FNO3. The van der Waals surface area contributed by atoms with E-state index in [4.69, 9.17) is 4.42 Å². The summed E-state index contributed by atoms with van der Waals surface area (Å²) in [7, 11) is 0. The van der Waals surface area contributed by atoms with Crippen LogP contribution in [0, 0.1) is 5.82 Å². The molecule has 1 amide bonds. The van der Waals surface area contributed by atoms with Crippen molar-refractivity contribution in [3.63, 3.8) is 0 Å². The Hall–Kier alpha value is -3.73. The number of fused-ring (bicyclic) bond motifs is 2. The van der Waals surface area contributed by atoms with Crippen LogP contribution in [-0.4, -0.2) is 10.8 Å². The fraction of sp³-hybridized carbons (Fsp3) is 0.0833. The van der Waals surface area contributed by atoms with Gasteiger partial charge in [-0.15, -0.1) is 0 Å². The van der Waals surface area contributed by atoms with Crippen molar-refractivity contribution < 1.29 is 13.6 Å². The van der Waals surface area contributed by atoms with Crippen LogP contribution in [-0.2, 0) is 6.54 Å². The molecule has 4 nitrogen and oxygen atoms in total. The fourth-order valence-corrected chi connectivity index (χ4v) is 3.90. The second kappa shape index (κ2) is 6.71. The number of carbonyl (C=O) groups excluding carboxylic acids is 1. The van der Waals surface area contributed by atoms with Crippen LogP contribution >= 0.6 is 0 Å². The zero-order valence-corrected chi connectivity index (χ0v) is 15.3. The lowest BCUT2D eigenvalue weighted by molar-refractivity contribution is 0.0714. The molecule has 1 atom stereocenters. The van der Waals surface area contributed by atoms with Gasteiger partial charge < -0.3 is 9.32 Å². The highest BCUT2D eigenvalue weighted by molar-refractivity contribution is 5.99. The molecule has 0 aliphatic carbocycles. The second-order valence-corrected chi connectivity index (χ2v) is 7.04. The minimum atomic E-state index is -0.565. The highest BCUT2D eigenvalue weighted by Gasteiger charge is 2.42. The van der Waals surface area contributed by atoms with Crippen molar-refractivity contribution in [2.45, 2.75) is 12.6 Å². The Morgan fingerprint density at radius 3 is 2.31 bits per heavy atom. The maximum absolute atomic E-state index is 13.3. The number of hydrogen-bond donors (Lipinski definition) is 0. The van der Waals surface area contributed by atoms with E-state index in [2.05, 4.69) is 0 Å². The van der Waals surface area contributed by atoms with Gasteiger partial charge >= 0.3 is 0 Å². The van der Waals surface area contributed by atoms with Crippen molar-refractivity contribution in [1.82, 2.24) is 4.90 Å². The van der Waals surface area contributed by atoms with Crippen LogP contribution in [0.2, 0.25) is 0 Å². The highest BCUT2D eigenvalue weighted by atomic mass is 19.1. The first-order chi connectivity index (χ1) is 14.1. The Balaban J connectivity index is 1.71. The van der Waals surface area contributed by atoms with Gasteiger partial charge in [-0.1, -0.05) is 54.6 Å². The van der Waals surface area contributed by atoms with Gasteiger partial charge in [-0.2, -0.15) is 0 Å². The normalized spacial score (nSPS) is 15.7. The number of benzene rings is 3. The van der Waals surface area contributed by atoms with E-state index in [1.165, 1.54) is 12.1 Å². The van der Waals surface area contributed by atoms with E-state index >= 15 is 0 Å². The summed E-state index contributed by atoms with van der Waals surface area (Å²) in [5.41, 5.74) is 2.13. The van der Waals surface area contributed by atoms with Gasteiger partial charge in [0.1, 0.15) is 11.4 Å². The lowest BCUT2D eigenvalue weighted by Crippen LogP contribution is -2.29. The van der Waals surface area contributed by atoms with Gasteiger partial charge in [-0.25, -0.2) is 4.39 Å². The number of carbonyl (C=O) groups is 1. The first-order valence-corrected chi connectivity index (χ1v) is 9.29. The van der Waals surface area contributed by atoms with Crippen LogP contribution in [0.15, 0.2) is 88.1 Å². The van der Waals surface area contributed by atoms with E-state index in [0.29, 0.717) is 16.5 Å². The first kappa shape index (κ1) is 17.4. The Bertz CT molecular complexity index is 1280. The lowest BCUT2D eigenvalue weighted by atomic mass is 9.98. The average Bonchev–Trinajstić information content (AvgIpc) is 3.03.